The first-order valence-corrected chi connectivity index (χ1v) is 11.9. The van der Waals surface area contributed by atoms with Crippen molar-refractivity contribution in [1.82, 2.24) is 14.4 Å². The van der Waals surface area contributed by atoms with E-state index >= 15 is 0 Å². The van der Waals surface area contributed by atoms with Gasteiger partial charge in [0.25, 0.3) is 5.91 Å². The molecule has 4 rings (SSSR count). The maximum Gasteiger partial charge on any atom is 0.260 e. The molecule has 0 radical (unpaired) electrons. The average molecular weight is 466 g/mol. The van der Waals surface area contributed by atoms with Crippen molar-refractivity contribution in [3.8, 4) is 5.75 Å². The molecule has 7 heteroatoms. The first-order valence-electron chi connectivity index (χ1n) is 11.9. The normalized spacial score (nSPS) is 15.1. The summed E-state index contributed by atoms with van der Waals surface area (Å²) in [5.41, 5.74) is 4.76. The molecule has 1 atom stereocenters. The molecule has 3 aromatic rings. The topological polar surface area (TPSA) is 67.2 Å². The molecule has 0 aliphatic carbocycles. The Hall–Kier alpha value is -2.87. The van der Waals surface area contributed by atoms with E-state index in [2.05, 4.69) is 41.5 Å². The molecule has 1 aromatic heterocycles. The number of benzene rings is 2. The largest absolute Gasteiger partial charge is 0.484 e. The van der Waals surface area contributed by atoms with E-state index in [1.807, 2.05) is 37.4 Å². The molecule has 34 heavy (non-hydrogen) atoms. The predicted molar refractivity (Wildman–Crippen MR) is 133 cm³/mol. The second kappa shape index (κ2) is 11.0. The molecule has 1 fully saturated rings. The quantitative estimate of drug-likeness (QED) is 0.526. The number of rotatable bonds is 9. The summed E-state index contributed by atoms with van der Waals surface area (Å²) in [4.78, 5) is 16.1. The minimum absolute atomic E-state index is 0.0120. The first kappa shape index (κ1) is 24.3. The van der Waals surface area contributed by atoms with E-state index in [1.165, 1.54) is 22.2 Å². The first-order chi connectivity index (χ1) is 16.4. The van der Waals surface area contributed by atoms with Crippen molar-refractivity contribution >= 4 is 16.8 Å². The van der Waals surface area contributed by atoms with Gasteiger partial charge in [0.2, 0.25) is 0 Å². The van der Waals surface area contributed by atoms with Crippen LogP contribution in [0.2, 0.25) is 0 Å². The number of nitrogens with zero attached hydrogens (tertiary/aromatic N) is 3. The molecular formula is C27H35N3O4. The molecule has 182 valence electrons. The second-order valence-corrected chi connectivity index (χ2v) is 9.11. The van der Waals surface area contributed by atoms with E-state index in [9.17, 15) is 9.90 Å². The van der Waals surface area contributed by atoms with Gasteiger partial charge in [0.1, 0.15) is 5.75 Å². The van der Waals surface area contributed by atoms with E-state index in [0.29, 0.717) is 51.7 Å². The Labute approximate surface area is 201 Å². The number of fused-ring (bicyclic) bond motifs is 1. The Kier molecular flexibility index (Phi) is 7.88. The summed E-state index contributed by atoms with van der Waals surface area (Å²) in [5, 5.41) is 12.0. The number of likely N-dealkylation sites (N-methyl/N-ethyl adjacent to an activating group) is 1. The molecule has 2 heterocycles. The predicted octanol–water partition coefficient (Wildman–Crippen LogP) is 2.99. The molecule has 1 N–H and O–H groups in total. The van der Waals surface area contributed by atoms with Gasteiger partial charge in [0.15, 0.2) is 6.61 Å². The summed E-state index contributed by atoms with van der Waals surface area (Å²) in [6, 6.07) is 16.1. The lowest BCUT2D eigenvalue weighted by Gasteiger charge is -2.26. The highest BCUT2D eigenvalue weighted by molar-refractivity contribution is 5.85. The molecule has 1 aliphatic rings. The summed E-state index contributed by atoms with van der Waals surface area (Å²) < 4.78 is 13.2. The number of hydrogen-bond acceptors (Lipinski definition) is 5. The van der Waals surface area contributed by atoms with Crippen molar-refractivity contribution in [2.24, 2.45) is 0 Å². The number of carbonyl (C=O) groups excluding carboxylic acids is 1. The number of morpholine rings is 1. The number of aliphatic hydroxyl groups excluding tert-OH is 1. The summed E-state index contributed by atoms with van der Waals surface area (Å²) in [7, 11) is 2.01. The molecule has 1 aliphatic heterocycles. The molecule has 0 unspecified atom stereocenters. The zero-order valence-electron chi connectivity index (χ0n) is 20.4. The fourth-order valence-electron chi connectivity index (χ4n) is 4.58. The highest BCUT2D eigenvalue weighted by Crippen LogP contribution is 2.25. The van der Waals surface area contributed by atoms with Gasteiger partial charge in [0.05, 0.1) is 25.9 Å². The smallest absolute Gasteiger partial charge is 0.260 e. The minimum Gasteiger partial charge on any atom is -0.484 e. The van der Waals surface area contributed by atoms with Crippen molar-refractivity contribution in [3.05, 3.63) is 65.4 Å². The zero-order valence-corrected chi connectivity index (χ0v) is 20.4. The fourth-order valence-corrected chi connectivity index (χ4v) is 4.58. The lowest BCUT2D eigenvalue weighted by Crippen LogP contribution is -2.42. The maximum atomic E-state index is 12.2. The number of amides is 1. The van der Waals surface area contributed by atoms with Gasteiger partial charge in [-0.15, -0.1) is 0 Å². The Morgan fingerprint density at radius 3 is 2.56 bits per heavy atom. The van der Waals surface area contributed by atoms with Crippen LogP contribution < -0.4 is 4.74 Å². The van der Waals surface area contributed by atoms with E-state index in [1.54, 1.807) is 4.90 Å². The monoisotopic (exact) mass is 465 g/mol. The molecular weight excluding hydrogens is 430 g/mol. The van der Waals surface area contributed by atoms with Gasteiger partial charge in [-0.05, 0) is 50.2 Å². The Bertz CT molecular complexity index is 1100. The van der Waals surface area contributed by atoms with Crippen molar-refractivity contribution < 1.29 is 19.4 Å². The number of aromatic nitrogens is 1. The molecule has 0 spiro atoms. The highest BCUT2D eigenvalue weighted by atomic mass is 16.5. The van der Waals surface area contributed by atoms with Crippen LogP contribution in [0.15, 0.2) is 48.5 Å². The average Bonchev–Trinajstić information content (AvgIpc) is 3.08. The van der Waals surface area contributed by atoms with Crippen molar-refractivity contribution in [1.29, 1.82) is 0 Å². The summed E-state index contributed by atoms with van der Waals surface area (Å²) in [6.07, 6.45) is -0.479. The van der Waals surface area contributed by atoms with Gasteiger partial charge in [-0.25, -0.2) is 0 Å². The van der Waals surface area contributed by atoms with Gasteiger partial charge in [-0.2, -0.15) is 0 Å². The number of hydrogen-bond donors (Lipinski definition) is 1. The third kappa shape index (κ3) is 5.78. The van der Waals surface area contributed by atoms with Crippen LogP contribution in [0.25, 0.3) is 10.9 Å². The fraction of sp³-hybridized carbons (Fsp3) is 0.444. The summed E-state index contributed by atoms with van der Waals surface area (Å²) in [5.74, 6) is 0.667. The zero-order chi connectivity index (χ0) is 24.1. The standard InChI is InChI=1S/C27H35N3O4/c1-20-21(2)30(26-7-5-4-6-25(20)26)18-23(31)17-28(3)16-22-8-10-24(11-9-22)34-19-27(32)29-12-14-33-15-13-29/h4-11,23,31H,12-19H2,1-3H3/t23-/m1/s1. The summed E-state index contributed by atoms with van der Waals surface area (Å²) >= 11 is 0. The van der Waals surface area contributed by atoms with E-state index < -0.39 is 6.10 Å². The van der Waals surface area contributed by atoms with Crippen LogP contribution in [0.5, 0.6) is 5.75 Å². The van der Waals surface area contributed by atoms with Crippen LogP contribution in [-0.4, -0.2) is 78.0 Å². The van der Waals surface area contributed by atoms with Crippen molar-refractivity contribution in [2.45, 2.75) is 33.0 Å². The van der Waals surface area contributed by atoms with Crippen LogP contribution in [0.4, 0.5) is 0 Å². The van der Waals surface area contributed by atoms with Gasteiger partial charge < -0.3 is 24.0 Å². The Balaban J connectivity index is 1.26. The molecule has 0 saturated carbocycles. The third-order valence-corrected chi connectivity index (χ3v) is 6.56. The molecule has 0 bridgehead atoms. The number of carbonyl (C=O) groups is 1. The lowest BCUT2D eigenvalue weighted by atomic mass is 10.2. The van der Waals surface area contributed by atoms with Crippen LogP contribution in [0.1, 0.15) is 16.8 Å². The number of aryl methyl sites for hydroxylation is 1. The second-order valence-electron chi connectivity index (χ2n) is 9.11. The van der Waals surface area contributed by atoms with Crippen LogP contribution in [0, 0.1) is 13.8 Å². The van der Waals surface area contributed by atoms with E-state index in [4.69, 9.17) is 9.47 Å². The van der Waals surface area contributed by atoms with Gasteiger partial charge in [-0.3, -0.25) is 9.69 Å². The molecule has 2 aromatic carbocycles. The number of ether oxygens (including phenoxy) is 2. The molecule has 1 amide bonds. The Morgan fingerprint density at radius 1 is 1.12 bits per heavy atom. The number of aliphatic hydroxyl groups is 1. The van der Waals surface area contributed by atoms with Crippen molar-refractivity contribution in [3.63, 3.8) is 0 Å². The Morgan fingerprint density at radius 2 is 1.82 bits per heavy atom. The third-order valence-electron chi connectivity index (χ3n) is 6.56. The highest BCUT2D eigenvalue weighted by Gasteiger charge is 2.18. The molecule has 7 nitrogen and oxygen atoms in total. The lowest BCUT2D eigenvalue weighted by molar-refractivity contribution is -0.137. The van der Waals surface area contributed by atoms with Crippen molar-refractivity contribution in [2.75, 3.05) is 46.5 Å². The van der Waals surface area contributed by atoms with E-state index in [0.717, 1.165) is 5.56 Å². The number of para-hydroxylation sites is 1. The van der Waals surface area contributed by atoms with Gasteiger partial charge >= 0.3 is 0 Å². The molecule has 1 saturated heterocycles. The summed E-state index contributed by atoms with van der Waals surface area (Å²) in [6.45, 7) is 8.56. The minimum atomic E-state index is -0.479. The maximum absolute atomic E-state index is 12.2. The van der Waals surface area contributed by atoms with E-state index in [-0.39, 0.29) is 12.5 Å². The van der Waals surface area contributed by atoms with Gasteiger partial charge in [-0.1, -0.05) is 30.3 Å². The SMILES string of the molecule is Cc1c(C)n(C[C@H](O)CN(C)Cc2ccc(OCC(=O)N3CCOCC3)cc2)c2ccccc12. The van der Waals surface area contributed by atoms with Crippen LogP contribution >= 0.6 is 0 Å². The van der Waals surface area contributed by atoms with Gasteiger partial charge in [0, 0.05) is 42.8 Å². The van der Waals surface area contributed by atoms with Crippen LogP contribution in [-0.2, 0) is 22.6 Å². The van der Waals surface area contributed by atoms with Crippen LogP contribution in [0.3, 0.4) is 0 Å².